The molecule has 0 radical (unpaired) electrons. The van der Waals surface area contributed by atoms with Crippen molar-refractivity contribution in [1.82, 2.24) is 4.31 Å². The van der Waals surface area contributed by atoms with Gasteiger partial charge in [-0.25, -0.2) is 8.42 Å². The summed E-state index contributed by atoms with van der Waals surface area (Å²) in [6.45, 7) is 1.32. The Labute approximate surface area is 197 Å². The molecule has 10 heteroatoms. The highest BCUT2D eigenvalue weighted by atomic mass is 32.2. The smallest absolute Gasteiger partial charge is 0.295 e. The second-order valence-corrected chi connectivity index (χ2v) is 9.70. The maximum atomic E-state index is 12.7. The number of hydrazone groups is 1. The van der Waals surface area contributed by atoms with Gasteiger partial charge in [0, 0.05) is 19.2 Å². The van der Waals surface area contributed by atoms with Crippen LogP contribution >= 0.6 is 0 Å². The second-order valence-electron chi connectivity index (χ2n) is 7.76. The molecule has 4 rings (SSSR count). The first-order valence-corrected chi connectivity index (χ1v) is 12.2. The molecule has 176 valence electrons. The summed E-state index contributed by atoms with van der Waals surface area (Å²) < 4.78 is 32.5. The molecule has 0 atom stereocenters. The minimum Gasteiger partial charge on any atom is -0.489 e. The topological polar surface area (TPSA) is 114 Å². The Morgan fingerprint density at radius 2 is 1.74 bits per heavy atom. The van der Waals surface area contributed by atoms with E-state index in [2.05, 4.69) is 10.5 Å². The quantitative estimate of drug-likeness (QED) is 0.276. The van der Waals surface area contributed by atoms with E-state index >= 15 is 0 Å². The van der Waals surface area contributed by atoms with Crippen molar-refractivity contribution < 1.29 is 18.1 Å². The minimum absolute atomic E-state index is 0.0956. The summed E-state index contributed by atoms with van der Waals surface area (Å²) in [6.07, 6.45) is 3.09. The zero-order chi connectivity index (χ0) is 24.0. The van der Waals surface area contributed by atoms with Crippen molar-refractivity contribution in [2.75, 3.05) is 18.5 Å². The third-order valence-corrected chi connectivity index (χ3v) is 7.29. The fraction of sp³-hybridized carbons (Fsp3) is 0.208. The molecule has 3 aromatic rings. The van der Waals surface area contributed by atoms with Gasteiger partial charge in [-0.2, -0.15) is 9.41 Å². The zero-order valence-electron chi connectivity index (χ0n) is 18.3. The van der Waals surface area contributed by atoms with Crippen LogP contribution in [0.25, 0.3) is 0 Å². The van der Waals surface area contributed by atoms with Crippen LogP contribution in [0.5, 0.6) is 5.75 Å². The van der Waals surface area contributed by atoms with Gasteiger partial charge in [-0.3, -0.25) is 15.5 Å². The summed E-state index contributed by atoms with van der Waals surface area (Å²) in [5, 5.41) is 15.6. The van der Waals surface area contributed by atoms with Gasteiger partial charge in [0.2, 0.25) is 10.0 Å². The Balaban J connectivity index is 1.41. The third kappa shape index (κ3) is 5.59. The van der Waals surface area contributed by atoms with Gasteiger partial charge in [0.15, 0.2) is 0 Å². The van der Waals surface area contributed by atoms with E-state index in [9.17, 15) is 18.5 Å². The number of sulfonamides is 1. The van der Waals surface area contributed by atoms with Crippen LogP contribution in [0, 0.1) is 10.1 Å². The number of nitro benzene ring substituents is 1. The molecule has 0 aliphatic carbocycles. The van der Waals surface area contributed by atoms with Crippen LogP contribution in [0.2, 0.25) is 0 Å². The molecule has 1 saturated heterocycles. The van der Waals surface area contributed by atoms with Gasteiger partial charge in [-0.05, 0) is 60.4 Å². The van der Waals surface area contributed by atoms with Gasteiger partial charge in [0.1, 0.15) is 18.0 Å². The standard InChI is InChI=1S/C24H24N4O5S/c29-28(30)24-16-22(34(31,32)27-14-4-5-15-27)12-13-23(24)26-25-17-19-8-10-21(11-9-19)33-18-20-6-2-1-3-7-20/h1-3,6-13,16-17,26H,4-5,14-15,18H2. The molecule has 0 spiro atoms. The highest BCUT2D eigenvalue weighted by Gasteiger charge is 2.29. The van der Waals surface area contributed by atoms with Crippen molar-refractivity contribution in [2.24, 2.45) is 5.10 Å². The highest BCUT2D eigenvalue weighted by Crippen LogP contribution is 2.30. The van der Waals surface area contributed by atoms with Gasteiger partial charge >= 0.3 is 0 Å². The first-order chi connectivity index (χ1) is 16.4. The molecule has 0 aromatic heterocycles. The van der Waals surface area contributed by atoms with Crippen LogP contribution in [0.3, 0.4) is 0 Å². The predicted molar refractivity (Wildman–Crippen MR) is 130 cm³/mol. The van der Waals surface area contributed by atoms with Gasteiger partial charge in [0.25, 0.3) is 5.69 Å². The van der Waals surface area contributed by atoms with Crippen LogP contribution in [0.15, 0.2) is 82.8 Å². The van der Waals surface area contributed by atoms with Crippen LogP contribution in [0.1, 0.15) is 24.0 Å². The maximum Gasteiger partial charge on any atom is 0.295 e. The molecule has 34 heavy (non-hydrogen) atoms. The largest absolute Gasteiger partial charge is 0.489 e. The van der Waals surface area contributed by atoms with Crippen LogP contribution in [-0.4, -0.2) is 37.0 Å². The van der Waals surface area contributed by atoms with E-state index in [1.807, 2.05) is 54.6 Å². The number of anilines is 1. The van der Waals surface area contributed by atoms with E-state index in [0.717, 1.165) is 30.0 Å². The van der Waals surface area contributed by atoms with Gasteiger partial charge in [-0.15, -0.1) is 0 Å². The minimum atomic E-state index is -3.75. The summed E-state index contributed by atoms with van der Waals surface area (Å²) in [7, 11) is -3.75. The van der Waals surface area contributed by atoms with Crippen molar-refractivity contribution in [3.05, 3.63) is 94.0 Å². The average Bonchev–Trinajstić information content (AvgIpc) is 3.40. The monoisotopic (exact) mass is 480 g/mol. The average molecular weight is 481 g/mol. The maximum absolute atomic E-state index is 12.7. The molecule has 1 fully saturated rings. The molecule has 1 N–H and O–H groups in total. The number of hydrogen-bond acceptors (Lipinski definition) is 7. The number of hydrogen-bond donors (Lipinski definition) is 1. The summed E-state index contributed by atoms with van der Waals surface area (Å²) in [5.41, 5.74) is 4.21. The van der Waals surface area contributed by atoms with Crippen molar-refractivity contribution in [3.63, 3.8) is 0 Å². The Morgan fingerprint density at radius 3 is 2.41 bits per heavy atom. The number of benzene rings is 3. The Hall–Kier alpha value is -3.76. The van der Waals surface area contributed by atoms with Crippen molar-refractivity contribution in [2.45, 2.75) is 24.3 Å². The fourth-order valence-corrected chi connectivity index (χ4v) is 5.10. The van der Waals surface area contributed by atoms with Gasteiger partial charge in [-0.1, -0.05) is 30.3 Å². The summed E-state index contributed by atoms with van der Waals surface area (Å²) in [6, 6.07) is 20.9. The first kappa shape index (κ1) is 23.4. The van der Waals surface area contributed by atoms with Crippen molar-refractivity contribution in [1.29, 1.82) is 0 Å². The number of nitro groups is 1. The molecule has 0 saturated carbocycles. The second kappa shape index (κ2) is 10.4. The molecular formula is C24H24N4O5S. The van der Waals surface area contributed by atoms with E-state index in [1.54, 1.807) is 0 Å². The molecule has 1 aliphatic heterocycles. The Morgan fingerprint density at radius 1 is 1.03 bits per heavy atom. The summed E-state index contributed by atoms with van der Waals surface area (Å²) in [5.74, 6) is 0.708. The molecule has 9 nitrogen and oxygen atoms in total. The summed E-state index contributed by atoms with van der Waals surface area (Å²) >= 11 is 0. The molecular weight excluding hydrogens is 456 g/mol. The first-order valence-electron chi connectivity index (χ1n) is 10.8. The van der Waals surface area contributed by atoms with Gasteiger partial charge < -0.3 is 4.74 Å². The van der Waals surface area contributed by atoms with Crippen LogP contribution in [-0.2, 0) is 16.6 Å². The molecule has 0 unspecified atom stereocenters. The van der Waals surface area contributed by atoms with E-state index in [-0.39, 0.29) is 16.3 Å². The van der Waals surface area contributed by atoms with Gasteiger partial charge in [0.05, 0.1) is 16.0 Å². The van der Waals surface area contributed by atoms with Crippen LogP contribution in [0.4, 0.5) is 11.4 Å². The van der Waals surface area contributed by atoms with Crippen LogP contribution < -0.4 is 10.2 Å². The highest BCUT2D eigenvalue weighted by molar-refractivity contribution is 7.89. The molecule has 1 heterocycles. The van der Waals surface area contributed by atoms with E-state index in [1.165, 1.54) is 22.7 Å². The van der Waals surface area contributed by atoms with Crippen molar-refractivity contribution >= 4 is 27.6 Å². The SMILES string of the molecule is O=[N+]([O-])c1cc(S(=O)(=O)N2CCCC2)ccc1NN=Cc1ccc(OCc2ccccc2)cc1. The number of rotatable bonds is 9. The lowest BCUT2D eigenvalue weighted by molar-refractivity contribution is -0.384. The zero-order valence-corrected chi connectivity index (χ0v) is 19.1. The molecule has 0 amide bonds. The van der Waals surface area contributed by atoms with Crippen molar-refractivity contribution in [3.8, 4) is 5.75 Å². The normalized spacial score (nSPS) is 14.4. The lowest BCUT2D eigenvalue weighted by atomic mass is 10.2. The molecule has 1 aliphatic rings. The molecule has 3 aromatic carbocycles. The lowest BCUT2D eigenvalue weighted by Gasteiger charge is -2.15. The number of nitrogens with one attached hydrogen (secondary N) is 1. The number of nitrogens with zero attached hydrogens (tertiary/aromatic N) is 3. The van der Waals surface area contributed by atoms with E-state index in [0.29, 0.717) is 25.4 Å². The molecule has 0 bridgehead atoms. The number of ether oxygens (including phenoxy) is 1. The fourth-order valence-electron chi connectivity index (χ4n) is 3.56. The Kier molecular flexibility index (Phi) is 7.19. The Bertz CT molecular complexity index is 1270. The lowest BCUT2D eigenvalue weighted by Crippen LogP contribution is -2.27. The summed E-state index contributed by atoms with van der Waals surface area (Å²) in [4.78, 5) is 10.8. The predicted octanol–water partition coefficient (Wildman–Crippen LogP) is 4.40. The van der Waals surface area contributed by atoms with E-state index < -0.39 is 14.9 Å². The van der Waals surface area contributed by atoms with E-state index in [4.69, 9.17) is 4.74 Å². The third-order valence-electron chi connectivity index (χ3n) is 5.40.